The first-order chi connectivity index (χ1) is 12.0. The Hall–Kier alpha value is -2.67. The van der Waals surface area contributed by atoms with Crippen LogP contribution in [0.5, 0.6) is 0 Å². The molecule has 25 heavy (non-hydrogen) atoms. The van der Waals surface area contributed by atoms with E-state index >= 15 is 0 Å². The van der Waals surface area contributed by atoms with Crippen LogP contribution in [-0.4, -0.2) is 21.2 Å². The summed E-state index contributed by atoms with van der Waals surface area (Å²) in [6, 6.07) is 9.89. The van der Waals surface area contributed by atoms with Crippen molar-refractivity contribution in [2.45, 2.75) is 27.2 Å². The summed E-state index contributed by atoms with van der Waals surface area (Å²) in [6.45, 7) is 5.76. The number of hydrogen-bond acceptors (Lipinski definition) is 4. The molecule has 6 nitrogen and oxygen atoms in total. The quantitative estimate of drug-likeness (QED) is 0.705. The lowest BCUT2D eigenvalue weighted by molar-refractivity contribution is -0.122. The third-order valence-electron chi connectivity index (χ3n) is 3.74. The molecular weight excluding hydrogens is 336 g/mol. The summed E-state index contributed by atoms with van der Waals surface area (Å²) in [5.74, 6) is -0.292. The molecule has 0 unspecified atom stereocenters. The van der Waals surface area contributed by atoms with Gasteiger partial charge in [0.25, 0.3) is 5.91 Å². The van der Waals surface area contributed by atoms with Gasteiger partial charge in [-0.3, -0.25) is 24.8 Å². The molecule has 1 aromatic carbocycles. The molecule has 0 aliphatic rings. The van der Waals surface area contributed by atoms with Crippen molar-refractivity contribution in [2.75, 3.05) is 0 Å². The first-order valence-corrected chi connectivity index (χ1v) is 8.90. The van der Waals surface area contributed by atoms with Crippen LogP contribution in [0.15, 0.2) is 36.5 Å². The van der Waals surface area contributed by atoms with Crippen LogP contribution in [0.4, 0.5) is 0 Å². The Bertz CT molecular complexity index is 912. The Morgan fingerprint density at radius 2 is 1.92 bits per heavy atom. The summed E-state index contributed by atoms with van der Waals surface area (Å²) in [4.78, 5) is 29.9. The van der Waals surface area contributed by atoms with Crippen LogP contribution in [0, 0.1) is 12.8 Å². The van der Waals surface area contributed by atoms with Crippen LogP contribution >= 0.6 is 11.3 Å². The first-order valence-electron chi connectivity index (χ1n) is 8.08. The van der Waals surface area contributed by atoms with E-state index in [9.17, 15) is 9.59 Å². The van der Waals surface area contributed by atoms with E-state index in [1.54, 1.807) is 0 Å². The fourth-order valence-electron chi connectivity index (χ4n) is 2.51. The molecule has 2 heterocycles. The molecule has 7 heteroatoms. The maximum absolute atomic E-state index is 12.3. The number of amides is 2. The number of imidazole rings is 1. The van der Waals surface area contributed by atoms with Crippen molar-refractivity contribution in [3.8, 4) is 11.3 Å². The Kier molecular flexibility index (Phi) is 4.85. The van der Waals surface area contributed by atoms with E-state index in [1.807, 2.05) is 61.7 Å². The first kappa shape index (κ1) is 17.2. The molecule has 2 aromatic heterocycles. The predicted octanol–water partition coefficient (Wildman–Crippen LogP) is 3.18. The Morgan fingerprint density at radius 3 is 2.56 bits per heavy atom. The molecule has 2 N–H and O–H groups in total. The van der Waals surface area contributed by atoms with Crippen molar-refractivity contribution in [3.63, 3.8) is 0 Å². The minimum Gasteiger partial charge on any atom is -0.293 e. The minimum atomic E-state index is -0.327. The SMILES string of the molecule is Cc1c(C(=O)NNC(=O)CC(C)C)sc2nc(-c3ccccc3)cn12. The number of thiazole rings is 1. The number of nitrogens with one attached hydrogen (secondary N) is 2. The molecule has 0 aliphatic heterocycles. The predicted molar refractivity (Wildman–Crippen MR) is 98.3 cm³/mol. The van der Waals surface area contributed by atoms with Gasteiger partial charge < -0.3 is 0 Å². The number of hydrogen-bond donors (Lipinski definition) is 2. The number of aromatic nitrogens is 2. The average molecular weight is 356 g/mol. The molecule has 3 aromatic rings. The lowest BCUT2D eigenvalue weighted by Gasteiger charge is -2.08. The van der Waals surface area contributed by atoms with Crippen LogP contribution in [0.3, 0.4) is 0 Å². The second kappa shape index (κ2) is 7.06. The number of nitrogens with zero attached hydrogens (tertiary/aromatic N) is 2. The van der Waals surface area contributed by atoms with Gasteiger partial charge in [0.2, 0.25) is 5.91 Å². The highest BCUT2D eigenvalue weighted by Crippen LogP contribution is 2.26. The third kappa shape index (κ3) is 3.71. The fraction of sp³-hybridized carbons (Fsp3) is 0.278. The molecule has 0 saturated carbocycles. The van der Waals surface area contributed by atoms with Crippen LogP contribution in [0.2, 0.25) is 0 Å². The van der Waals surface area contributed by atoms with Gasteiger partial charge in [0, 0.05) is 23.9 Å². The number of rotatable bonds is 4. The van der Waals surface area contributed by atoms with E-state index in [-0.39, 0.29) is 17.7 Å². The normalized spacial score (nSPS) is 11.0. The van der Waals surface area contributed by atoms with Gasteiger partial charge in [-0.05, 0) is 12.8 Å². The van der Waals surface area contributed by atoms with Crippen molar-refractivity contribution in [3.05, 3.63) is 47.1 Å². The van der Waals surface area contributed by atoms with Gasteiger partial charge in [-0.15, -0.1) is 0 Å². The van der Waals surface area contributed by atoms with Crippen molar-refractivity contribution >= 4 is 28.1 Å². The Balaban J connectivity index is 1.77. The van der Waals surface area contributed by atoms with E-state index in [0.717, 1.165) is 21.9 Å². The van der Waals surface area contributed by atoms with E-state index in [2.05, 4.69) is 15.8 Å². The largest absolute Gasteiger partial charge is 0.293 e. The smallest absolute Gasteiger partial charge is 0.281 e. The van der Waals surface area contributed by atoms with Crippen molar-refractivity contribution in [2.24, 2.45) is 5.92 Å². The van der Waals surface area contributed by atoms with Gasteiger partial charge in [0.05, 0.1) is 5.69 Å². The number of benzene rings is 1. The summed E-state index contributed by atoms with van der Waals surface area (Å²) >= 11 is 1.30. The van der Waals surface area contributed by atoms with Crippen LogP contribution < -0.4 is 10.9 Å². The summed E-state index contributed by atoms with van der Waals surface area (Å²) in [7, 11) is 0. The highest BCUT2D eigenvalue weighted by atomic mass is 32.1. The van der Waals surface area contributed by atoms with Gasteiger partial charge in [-0.25, -0.2) is 4.98 Å². The van der Waals surface area contributed by atoms with E-state index < -0.39 is 0 Å². The fourth-order valence-corrected chi connectivity index (χ4v) is 3.52. The monoisotopic (exact) mass is 356 g/mol. The van der Waals surface area contributed by atoms with Crippen molar-refractivity contribution in [1.82, 2.24) is 20.2 Å². The van der Waals surface area contributed by atoms with Gasteiger partial charge in [0.15, 0.2) is 4.96 Å². The summed E-state index contributed by atoms with van der Waals surface area (Å²) in [6.07, 6.45) is 2.29. The zero-order valence-corrected chi connectivity index (χ0v) is 15.2. The highest BCUT2D eigenvalue weighted by Gasteiger charge is 2.18. The molecule has 0 aliphatic carbocycles. The maximum Gasteiger partial charge on any atom is 0.281 e. The van der Waals surface area contributed by atoms with E-state index in [1.165, 1.54) is 11.3 Å². The molecule has 0 fully saturated rings. The maximum atomic E-state index is 12.3. The number of fused-ring (bicyclic) bond motifs is 1. The second-order valence-corrected chi connectivity index (χ2v) is 7.24. The number of carbonyl (C=O) groups is 2. The van der Waals surface area contributed by atoms with Crippen LogP contribution in [0.1, 0.15) is 35.6 Å². The molecule has 0 atom stereocenters. The van der Waals surface area contributed by atoms with E-state index in [4.69, 9.17) is 0 Å². The van der Waals surface area contributed by atoms with Crippen molar-refractivity contribution in [1.29, 1.82) is 0 Å². The standard InChI is InChI=1S/C18H20N4O2S/c1-11(2)9-15(23)20-21-17(24)16-12(3)22-10-14(19-18(22)25-16)13-7-5-4-6-8-13/h4-8,10-11H,9H2,1-3H3,(H,20,23)(H,21,24). The molecule has 3 rings (SSSR count). The number of carbonyl (C=O) groups excluding carboxylic acids is 2. The van der Waals surface area contributed by atoms with E-state index in [0.29, 0.717) is 11.3 Å². The van der Waals surface area contributed by atoms with Gasteiger partial charge in [-0.2, -0.15) is 0 Å². The molecular formula is C18H20N4O2S. The molecule has 0 radical (unpaired) electrons. The zero-order valence-electron chi connectivity index (χ0n) is 14.4. The summed E-state index contributed by atoms with van der Waals surface area (Å²) in [5, 5.41) is 0. The molecule has 2 amide bonds. The molecule has 0 bridgehead atoms. The minimum absolute atomic E-state index is 0.200. The molecule has 0 spiro atoms. The van der Waals surface area contributed by atoms with Crippen LogP contribution in [0.25, 0.3) is 16.2 Å². The van der Waals surface area contributed by atoms with Gasteiger partial charge in [0.1, 0.15) is 4.88 Å². The number of aryl methyl sites for hydroxylation is 1. The zero-order chi connectivity index (χ0) is 18.0. The van der Waals surface area contributed by atoms with Gasteiger partial charge >= 0.3 is 0 Å². The lowest BCUT2D eigenvalue weighted by Crippen LogP contribution is -2.41. The Morgan fingerprint density at radius 1 is 1.20 bits per heavy atom. The second-order valence-electron chi connectivity index (χ2n) is 6.26. The van der Waals surface area contributed by atoms with Crippen molar-refractivity contribution < 1.29 is 9.59 Å². The summed E-state index contributed by atoms with van der Waals surface area (Å²) < 4.78 is 1.90. The highest BCUT2D eigenvalue weighted by molar-refractivity contribution is 7.19. The topological polar surface area (TPSA) is 75.5 Å². The van der Waals surface area contributed by atoms with Gasteiger partial charge in [-0.1, -0.05) is 55.5 Å². The Labute approximate surface area is 149 Å². The van der Waals surface area contributed by atoms with Crippen LogP contribution in [-0.2, 0) is 4.79 Å². The number of hydrazine groups is 1. The lowest BCUT2D eigenvalue weighted by atomic mass is 10.1. The molecule has 0 saturated heterocycles. The average Bonchev–Trinajstić information content (AvgIpc) is 3.13. The molecule has 130 valence electrons. The third-order valence-corrected chi connectivity index (χ3v) is 4.90. The summed E-state index contributed by atoms with van der Waals surface area (Å²) in [5.41, 5.74) is 7.62.